The van der Waals surface area contributed by atoms with Crippen molar-refractivity contribution in [3.05, 3.63) is 34.9 Å². The molecule has 4 nitrogen and oxygen atoms in total. The summed E-state index contributed by atoms with van der Waals surface area (Å²) in [4.78, 5) is 11.5. The molecule has 21 heavy (non-hydrogen) atoms. The van der Waals surface area contributed by atoms with Gasteiger partial charge in [-0.3, -0.25) is 4.79 Å². The molecule has 2 unspecified atom stereocenters. The molecule has 0 radical (unpaired) electrons. The predicted octanol–water partition coefficient (Wildman–Crippen LogP) is 2.66. The van der Waals surface area contributed by atoms with Gasteiger partial charge in [0.05, 0.1) is 19.6 Å². The highest BCUT2D eigenvalue weighted by atomic mass is 16.5. The zero-order valence-electron chi connectivity index (χ0n) is 13.5. The molecule has 0 amide bonds. The summed E-state index contributed by atoms with van der Waals surface area (Å²) < 4.78 is 4.73. The molecule has 0 saturated carbocycles. The molecule has 0 bridgehead atoms. The first-order chi connectivity index (χ1) is 9.99. The van der Waals surface area contributed by atoms with Gasteiger partial charge in [-0.05, 0) is 43.5 Å². The van der Waals surface area contributed by atoms with Crippen LogP contribution in [0.4, 0.5) is 0 Å². The van der Waals surface area contributed by atoms with E-state index in [2.05, 4.69) is 12.2 Å². The maximum Gasteiger partial charge on any atom is 0.307 e. The Hall–Kier alpha value is -1.39. The number of hydrogen-bond acceptors (Lipinski definition) is 4. The van der Waals surface area contributed by atoms with E-state index in [0.717, 1.165) is 30.5 Å². The van der Waals surface area contributed by atoms with Crippen molar-refractivity contribution < 1.29 is 14.6 Å². The molecule has 1 aromatic carbocycles. The predicted molar refractivity (Wildman–Crippen MR) is 84.2 cm³/mol. The number of ether oxygens (including phenoxy) is 1. The van der Waals surface area contributed by atoms with Gasteiger partial charge in [-0.25, -0.2) is 0 Å². The Labute approximate surface area is 127 Å². The van der Waals surface area contributed by atoms with Crippen LogP contribution in [0, 0.1) is 13.8 Å². The lowest BCUT2D eigenvalue weighted by atomic mass is 9.96. The standard InChI is InChI=1S/C17H27NO3/c1-5-6-9-18-15(11-16(19)21-4)17(20)14-8-7-12(2)13(3)10-14/h7-8,10,15,17-18,20H,5-6,9,11H2,1-4H3. The Morgan fingerprint density at radius 2 is 2.05 bits per heavy atom. The van der Waals surface area contributed by atoms with Gasteiger partial charge in [-0.15, -0.1) is 0 Å². The number of aliphatic hydroxyl groups excluding tert-OH is 1. The van der Waals surface area contributed by atoms with Crippen LogP contribution in [0.1, 0.15) is 49.0 Å². The van der Waals surface area contributed by atoms with E-state index in [0.29, 0.717) is 0 Å². The van der Waals surface area contributed by atoms with Crippen molar-refractivity contribution in [3.8, 4) is 0 Å². The summed E-state index contributed by atoms with van der Waals surface area (Å²) in [6.07, 6.45) is 1.52. The van der Waals surface area contributed by atoms with Crippen LogP contribution in [0.3, 0.4) is 0 Å². The molecule has 0 fully saturated rings. The third kappa shape index (κ3) is 5.48. The number of hydrogen-bond donors (Lipinski definition) is 2. The van der Waals surface area contributed by atoms with Gasteiger partial charge >= 0.3 is 5.97 Å². The summed E-state index contributed by atoms with van der Waals surface area (Å²) in [6.45, 7) is 6.94. The van der Waals surface area contributed by atoms with E-state index in [9.17, 15) is 9.90 Å². The number of esters is 1. The molecule has 4 heteroatoms. The highest BCUT2D eigenvalue weighted by Crippen LogP contribution is 2.22. The Balaban J connectivity index is 2.83. The molecular formula is C17H27NO3. The first-order valence-corrected chi connectivity index (χ1v) is 7.55. The number of rotatable bonds is 8. The van der Waals surface area contributed by atoms with E-state index < -0.39 is 6.10 Å². The minimum absolute atomic E-state index is 0.161. The molecule has 0 aliphatic carbocycles. The minimum Gasteiger partial charge on any atom is -0.469 e. The van der Waals surface area contributed by atoms with E-state index in [-0.39, 0.29) is 18.4 Å². The molecule has 1 aromatic rings. The molecule has 0 spiro atoms. The quantitative estimate of drug-likeness (QED) is 0.571. The summed E-state index contributed by atoms with van der Waals surface area (Å²) in [6, 6.07) is 5.56. The molecule has 0 aromatic heterocycles. The lowest BCUT2D eigenvalue weighted by Gasteiger charge is -2.24. The second-order valence-corrected chi connectivity index (χ2v) is 5.48. The van der Waals surface area contributed by atoms with E-state index >= 15 is 0 Å². The highest BCUT2D eigenvalue weighted by molar-refractivity contribution is 5.70. The van der Waals surface area contributed by atoms with Crippen molar-refractivity contribution in [2.24, 2.45) is 0 Å². The maximum absolute atomic E-state index is 11.5. The van der Waals surface area contributed by atoms with Crippen LogP contribution in [0.25, 0.3) is 0 Å². The van der Waals surface area contributed by atoms with E-state index in [4.69, 9.17) is 4.74 Å². The molecule has 2 N–H and O–H groups in total. The highest BCUT2D eigenvalue weighted by Gasteiger charge is 2.23. The van der Waals surface area contributed by atoms with E-state index in [1.54, 1.807) is 0 Å². The number of aliphatic hydroxyl groups is 1. The van der Waals surface area contributed by atoms with Crippen molar-refractivity contribution in [2.45, 2.75) is 52.2 Å². The minimum atomic E-state index is -0.722. The normalized spacial score (nSPS) is 13.8. The topological polar surface area (TPSA) is 58.6 Å². The lowest BCUT2D eigenvalue weighted by Crippen LogP contribution is -2.37. The third-order valence-corrected chi connectivity index (χ3v) is 3.80. The fourth-order valence-corrected chi connectivity index (χ4v) is 2.20. The van der Waals surface area contributed by atoms with Gasteiger partial charge in [0.15, 0.2) is 0 Å². The zero-order valence-corrected chi connectivity index (χ0v) is 13.5. The second kappa shape index (κ2) is 8.80. The van der Waals surface area contributed by atoms with Crippen LogP contribution in [0.15, 0.2) is 18.2 Å². The number of carbonyl (C=O) groups excluding carboxylic acids is 1. The monoisotopic (exact) mass is 293 g/mol. The van der Waals surface area contributed by atoms with Crippen molar-refractivity contribution >= 4 is 5.97 Å². The van der Waals surface area contributed by atoms with Gasteiger partial charge in [0.25, 0.3) is 0 Å². The average Bonchev–Trinajstić information content (AvgIpc) is 2.48. The van der Waals surface area contributed by atoms with Gasteiger partial charge in [-0.2, -0.15) is 0 Å². The van der Waals surface area contributed by atoms with Gasteiger partial charge in [-0.1, -0.05) is 31.5 Å². The van der Waals surface area contributed by atoms with E-state index in [1.165, 1.54) is 12.7 Å². The molecular weight excluding hydrogens is 266 g/mol. The second-order valence-electron chi connectivity index (χ2n) is 5.48. The summed E-state index contributed by atoms with van der Waals surface area (Å²) in [7, 11) is 1.37. The Bertz CT molecular complexity index is 459. The average molecular weight is 293 g/mol. The number of aryl methyl sites for hydroxylation is 2. The van der Waals surface area contributed by atoms with Crippen molar-refractivity contribution in [1.82, 2.24) is 5.32 Å². The van der Waals surface area contributed by atoms with Crippen LogP contribution in [-0.4, -0.2) is 30.8 Å². The van der Waals surface area contributed by atoms with Gasteiger partial charge in [0.1, 0.15) is 0 Å². The molecule has 0 heterocycles. The van der Waals surface area contributed by atoms with Crippen LogP contribution in [-0.2, 0) is 9.53 Å². The zero-order chi connectivity index (χ0) is 15.8. The Morgan fingerprint density at radius 1 is 1.33 bits per heavy atom. The van der Waals surface area contributed by atoms with Crippen molar-refractivity contribution in [2.75, 3.05) is 13.7 Å². The number of unbranched alkanes of at least 4 members (excludes halogenated alkanes) is 1. The molecule has 0 aliphatic rings. The number of nitrogens with one attached hydrogen (secondary N) is 1. The van der Waals surface area contributed by atoms with Gasteiger partial charge in [0, 0.05) is 6.04 Å². The summed E-state index contributed by atoms with van der Waals surface area (Å²) >= 11 is 0. The Kier molecular flexibility index (Phi) is 7.40. The largest absolute Gasteiger partial charge is 0.469 e. The first kappa shape index (κ1) is 17.7. The summed E-state index contributed by atoms with van der Waals surface area (Å²) in [5, 5.41) is 13.8. The van der Waals surface area contributed by atoms with Crippen LogP contribution in [0.2, 0.25) is 0 Å². The summed E-state index contributed by atoms with van der Waals surface area (Å²) in [5.41, 5.74) is 3.15. The number of carbonyl (C=O) groups is 1. The van der Waals surface area contributed by atoms with Crippen LogP contribution >= 0.6 is 0 Å². The van der Waals surface area contributed by atoms with Crippen LogP contribution in [0.5, 0.6) is 0 Å². The molecule has 0 aliphatic heterocycles. The Morgan fingerprint density at radius 3 is 2.62 bits per heavy atom. The molecule has 0 saturated heterocycles. The van der Waals surface area contributed by atoms with Crippen molar-refractivity contribution in [3.63, 3.8) is 0 Å². The number of methoxy groups -OCH3 is 1. The van der Waals surface area contributed by atoms with Crippen LogP contribution < -0.4 is 5.32 Å². The molecule has 118 valence electrons. The first-order valence-electron chi connectivity index (χ1n) is 7.55. The third-order valence-electron chi connectivity index (χ3n) is 3.80. The maximum atomic E-state index is 11.5. The summed E-state index contributed by atoms with van der Waals surface area (Å²) in [5.74, 6) is -0.313. The lowest BCUT2D eigenvalue weighted by molar-refractivity contribution is -0.142. The smallest absolute Gasteiger partial charge is 0.307 e. The fraction of sp³-hybridized carbons (Fsp3) is 0.588. The number of benzene rings is 1. The molecule has 2 atom stereocenters. The molecule has 1 rings (SSSR count). The SMILES string of the molecule is CCCCNC(CC(=O)OC)C(O)c1ccc(C)c(C)c1. The fourth-order valence-electron chi connectivity index (χ4n) is 2.20. The van der Waals surface area contributed by atoms with Gasteiger partial charge < -0.3 is 15.2 Å². The van der Waals surface area contributed by atoms with Gasteiger partial charge in [0.2, 0.25) is 0 Å². The van der Waals surface area contributed by atoms with E-state index in [1.807, 2.05) is 32.0 Å². The van der Waals surface area contributed by atoms with Crippen molar-refractivity contribution in [1.29, 1.82) is 0 Å².